The van der Waals surface area contributed by atoms with E-state index in [0.29, 0.717) is 13.0 Å². The van der Waals surface area contributed by atoms with Crippen LogP contribution in [-0.2, 0) is 4.74 Å². The highest BCUT2D eigenvalue weighted by atomic mass is 16.5. The number of hydrogen-bond acceptors (Lipinski definition) is 3. The van der Waals surface area contributed by atoms with Crippen molar-refractivity contribution in [2.75, 3.05) is 6.61 Å². The van der Waals surface area contributed by atoms with Crippen molar-refractivity contribution in [2.45, 2.75) is 38.3 Å². The standard InChI is InChI=1S/C21H23NO3/c1-21(2)18(11-19(21)23)22-20(24)25-12-17-15-9-5-3-7-13(15)14-8-4-6-10-16(14)17/h3-10,17-19,23H,11-12H2,1-2H3,(H,22,24). The molecule has 130 valence electrons. The van der Waals surface area contributed by atoms with Gasteiger partial charge in [-0.2, -0.15) is 0 Å². The van der Waals surface area contributed by atoms with Gasteiger partial charge >= 0.3 is 6.09 Å². The van der Waals surface area contributed by atoms with E-state index in [0.717, 1.165) is 0 Å². The predicted molar refractivity (Wildman–Crippen MR) is 96.4 cm³/mol. The molecule has 4 rings (SSSR count). The Balaban J connectivity index is 1.46. The number of alkyl carbamates (subject to hydrolysis) is 1. The lowest BCUT2D eigenvalue weighted by atomic mass is 9.65. The van der Waals surface area contributed by atoms with Crippen LogP contribution >= 0.6 is 0 Å². The summed E-state index contributed by atoms with van der Waals surface area (Å²) >= 11 is 0. The van der Waals surface area contributed by atoms with Crippen LogP contribution in [0.1, 0.15) is 37.3 Å². The van der Waals surface area contributed by atoms with Crippen molar-refractivity contribution in [3.05, 3.63) is 59.7 Å². The Morgan fingerprint density at radius 2 is 1.68 bits per heavy atom. The average molecular weight is 337 g/mol. The molecule has 0 bridgehead atoms. The summed E-state index contributed by atoms with van der Waals surface area (Å²) in [4.78, 5) is 12.2. The van der Waals surface area contributed by atoms with E-state index in [2.05, 4.69) is 29.6 Å². The molecule has 2 aliphatic rings. The number of carbonyl (C=O) groups excluding carboxylic acids is 1. The zero-order chi connectivity index (χ0) is 17.6. The average Bonchev–Trinajstić information content (AvgIpc) is 2.94. The third-order valence-electron chi connectivity index (χ3n) is 5.85. The Labute approximate surface area is 147 Å². The Morgan fingerprint density at radius 3 is 2.20 bits per heavy atom. The second kappa shape index (κ2) is 5.88. The molecule has 0 aromatic heterocycles. The minimum atomic E-state index is -0.410. The van der Waals surface area contributed by atoms with Crippen molar-refractivity contribution in [3.8, 4) is 11.1 Å². The number of benzene rings is 2. The van der Waals surface area contributed by atoms with Gasteiger partial charge in [-0.3, -0.25) is 0 Å². The van der Waals surface area contributed by atoms with Crippen LogP contribution in [0.3, 0.4) is 0 Å². The van der Waals surface area contributed by atoms with Crippen molar-refractivity contribution in [1.82, 2.24) is 5.32 Å². The zero-order valence-electron chi connectivity index (χ0n) is 14.5. The topological polar surface area (TPSA) is 58.6 Å². The van der Waals surface area contributed by atoms with Crippen LogP contribution in [0.2, 0.25) is 0 Å². The summed E-state index contributed by atoms with van der Waals surface area (Å²) in [6.45, 7) is 4.22. The minimum Gasteiger partial charge on any atom is -0.449 e. The molecular formula is C21H23NO3. The molecule has 1 fully saturated rings. The maximum absolute atomic E-state index is 12.2. The highest BCUT2D eigenvalue weighted by Gasteiger charge is 2.48. The number of aliphatic hydroxyl groups is 1. The summed E-state index contributed by atoms with van der Waals surface area (Å²) < 4.78 is 5.54. The Kier molecular flexibility index (Phi) is 3.80. The first kappa shape index (κ1) is 16.2. The van der Waals surface area contributed by atoms with Gasteiger partial charge in [-0.1, -0.05) is 62.4 Å². The SMILES string of the molecule is CC1(C)C(O)CC1NC(=O)OCC1c2ccccc2-c2ccccc21. The van der Waals surface area contributed by atoms with Crippen molar-refractivity contribution in [3.63, 3.8) is 0 Å². The lowest BCUT2D eigenvalue weighted by Gasteiger charge is -2.49. The van der Waals surface area contributed by atoms with Crippen LogP contribution in [-0.4, -0.2) is 30.0 Å². The zero-order valence-corrected chi connectivity index (χ0v) is 14.5. The molecule has 2 atom stereocenters. The van der Waals surface area contributed by atoms with E-state index in [4.69, 9.17) is 4.74 Å². The monoisotopic (exact) mass is 337 g/mol. The molecule has 25 heavy (non-hydrogen) atoms. The molecule has 2 N–H and O–H groups in total. The smallest absolute Gasteiger partial charge is 0.407 e. The summed E-state index contributed by atoms with van der Waals surface area (Å²) in [6.07, 6.45) is -0.199. The molecule has 2 aromatic rings. The fourth-order valence-corrected chi connectivity index (χ4v) is 3.93. The van der Waals surface area contributed by atoms with Gasteiger partial charge in [0, 0.05) is 17.4 Å². The van der Waals surface area contributed by atoms with Crippen molar-refractivity contribution in [2.24, 2.45) is 5.41 Å². The molecule has 1 amide bonds. The fraction of sp³-hybridized carbons (Fsp3) is 0.381. The molecule has 0 aliphatic heterocycles. The second-order valence-corrected chi connectivity index (χ2v) is 7.60. The van der Waals surface area contributed by atoms with Gasteiger partial charge in [0.05, 0.1) is 6.10 Å². The number of aliphatic hydroxyl groups excluding tert-OH is 1. The first-order chi connectivity index (χ1) is 12.0. The quantitative estimate of drug-likeness (QED) is 0.898. The van der Waals surface area contributed by atoms with E-state index in [1.165, 1.54) is 22.3 Å². The molecule has 0 spiro atoms. The summed E-state index contributed by atoms with van der Waals surface area (Å²) in [5, 5.41) is 12.7. The van der Waals surface area contributed by atoms with Crippen molar-refractivity contribution in [1.29, 1.82) is 0 Å². The molecule has 4 nitrogen and oxygen atoms in total. The Bertz CT molecular complexity index is 769. The summed E-state index contributed by atoms with van der Waals surface area (Å²) in [5.74, 6) is 0.0677. The normalized spacial score (nSPS) is 23.3. The van der Waals surface area contributed by atoms with E-state index in [-0.39, 0.29) is 23.5 Å². The predicted octanol–water partition coefficient (Wildman–Crippen LogP) is 3.68. The minimum absolute atomic E-state index is 0.0434. The highest BCUT2D eigenvalue weighted by Crippen LogP contribution is 2.44. The molecule has 2 aromatic carbocycles. The molecule has 4 heteroatoms. The lowest BCUT2D eigenvalue weighted by molar-refractivity contribution is -0.0706. The molecule has 2 unspecified atom stereocenters. The number of fused-ring (bicyclic) bond motifs is 3. The maximum Gasteiger partial charge on any atom is 0.407 e. The van der Waals surface area contributed by atoms with Gasteiger partial charge in [-0.05, 0) is 28.7 Å². The van der Waals surface area contributed by atoms with Gasteiger partial charge in [0.15, 0.2) is 0 Å². The lowest BCUT2D eigenvalue weighted by Crippen LogP contribution is -2.61. The number of nitrogens with one attached hydrogen (secondary N) is 1. The third kappa shape index (κ3) is 2.61. The Hall–Kier alpha value is -2.33. The number of ether oxygens (including phenoxy) is 1. The van der Waals surface area contributed by atoms with Gasteiger partial charge in [0.1, 0.15) is 6.61 Å². The van der Waals surface area contributed by atoms with E-state index < -0.39 is 6.09 Å². The van der Waals surface area contributed by atoms with Crippen molar-refractivity contribution < 1.29 is 14.6 Å². The van der Waals surface area contributed by atoms with Crippen molar-refractivity contribution >= 4 is 6.09 Å². The molecule has 1 saturated carbocycles. The maximum atomic E-state index is 12.2. The van der Waals surface area contributed by atoms with Gasteiger partial charge < -0.3 is 15.2 Å². The van der Waals surface area contributed by atoms with Crippen LogP contribution in [0.15, 0.2) is 48.5 Å². The first-order valence-electron chi connectivity index (χ1n) is 8.78. The molecule has 0 radical (unpaired) electrons. The third-order valence-corrected chi connectivity index (χ3v) is 5.85. The number of rotatable bonds is 3. The number of carbonyl (C=O) groups is 1. The summed E-state index contributed by atoms with van der Waals surface area (Å²) in [6, 6.07) is 16.5. The number of amides is 1. The molecule has 0 heterocycles. The van der Waals surface area contributed by atoms with Crippen LogP contribution in [0, 0.1) is 5.41 Å². The number of hydrogen-bond donors (Lipinski definition) is 2. The first-order valence-corrected chi connectivity index (χ1v) is 8.78. The van der Waals surface area contributed by atoms with E-state index in [1.807, 2.05) is 38.1 Å². The Morgan fingerprint density at radius 1 is 1.12 bits per heavy atom. The van der Waals surface area contributed by atoms with Crippen LogP contribution in [0.5, 0.6) is 0 Å². The van der Waals surface area contributed by atoms with Crippen LogP contribution < -0.4 is 5.32 Å². The largest absolute Gasteiger partial charge is 0.449 e. The van der Waals surface area contributed by atoms with E-state index >= 15 is 0 Å². The van der Waals surface area contributed by atoms with Crippen LogP contribution in [0.4, 0.5) is 4.79 Å². The van der Waals surface area contributed by atoms with E-state index in [1.54, 1.807) is 0 Å². The summed E-state index contributed by atoms with van der Waals surface area (Å²) in [7, 11) is 0. The van der Waals surface area contributed by atoms with Gasteiger partial charge in [0.25, 0.3) is 0 Å². The van der Waals surface area contributed by atoms with E-state index in [9.17, 15) is 9.90 Å². The molecule has 2 aliphatic carbocycles. The van der Waals surface area contributed by atoms with Gasteiger partial charge in [-0.25, -0.2) is 4.79 Å². The van der Waals surface area contributed by atoms with Gasteiger partial charge in [-0.15, -0.1) is 0 Å². The van der Waals surface area contributed by atoms with Gasteiger partial charge in [0.2, 0.25) is 0 Å². The molecular weight excluding hydrogens is 314 g/mol. The highest BCUT2D eigenvalue weighted by molar-refractivity contribution is 5.79. The second-order valence-electron chi connectivity index (χ2n) is 7.60. The fourth-order valence-electron chi connectivity index (χ4n) is 3.93. The molecule has 0 saturated heterocycles. The van der Waals surface area contributed by atoms with Crippen LogP contribution in [0.25, 0.3) is 11.1 Å². The summed E-state index contributed by atoms with van der Waals surface area (Å²) in [5.41, 5.74) is 4.54.